The lowest BCUT2D eigenvalue weighted by molar-refractivity contribution is 0.0697. The van der Waals surface area contributed by atoms with Crippen molar-refractivity contribution < 1.29 is 9.90 Å². The molecule has 0 aliphatic carbocycles. The number of anilines is 1. The number of carbonyl (C=O) groups is 1. The Labute approximate surface area is 103 Å². The van der Waals surface area contributed by atoms with E-state index in [-0.39, 0.29) is 5.56 Å². The lowest BCUT2D eigenvalue weighted by Crippen LogP contribution is -2.09. The van der Waals surface area contributed by atoms with Crippen LogP contribution in [-0.4, -0.2) is 22.6 Å². The van der Waals surface area contributed by atoms with Crippen LogP contribution in [0.4, 0.5) is 5.82 Å². The third kappa shape index (κ3) is 3.66. The van der Waals surface area contributed by atoms with Crippen LogP contribution >= 0.6 is 15.9 Å². The van der Waals surface area contributed by atoms with Crippen molar-refractivity contribution in [3.8, 4) is 0 Å². The van der Waals surface area contributed by atoms with E-state index >= 15 is 0 Å². The smallest absolute Gasteiger partial charge is 0.339 e. The monoisotopic (exact) mass is 284 g/mol. The Morgan fingerprint density at radius 3 is 3.06 bits per heavy atom. The highest BCUT2D eigenvalue weighted by molar-refractivity contribution is 9.10. The molecule has 0 amide bonds. The molecule has 1 heterocycles. The highest BCUT2D eigenvalue weighted by atomic mass is 79.9. The second-order valence-corrected chi connectivity index (χ2v) is 4.06. The average Bonchev–Trinajstić information content (AvgIpc) is 2.26. The van der Waals surface area contributed by atoms with Gasteiger partial charge in [-0.25, -0.2) is 9.78 Å². The van der Waals surface area contributed by atoms with Gasteiger partial charge in [0.05, 0.1) is 0 Å². The summed E-state index contributed by atoms with van der Waals surface area (Å²) in [5, 5.41) is 12.0. The molecule has 0 unspecified atom stereocenters. The molecule has 0 atom stereocenters. The molecule has 4 nitrogen and oxygen atoms in total. The number of carboxylic acid groups (broad SMARTS) is 1. The van der Waals surface area contributed by atoms with Crippen LogP contribution in [0.5, 0.6) is 0 Å². The molecule has 0 aliphatic heterocycles. The Balaban J connectivity index is 2.75. The number of rotatable bonds is 5. The van der Waals surface area contributed by atoms with E-state index in [1.165, 1.54) is 6.07 Å². The van der Waals surface area contributed by atoms with Gasteiger partial charge in [-0.2, -0.15) is 0 Å². The molecule has 0 aliphatic rings. The fourth-order valence-corrected chi connectivity index (χ4v) is 1.52. The van der Waals surface area contributed by atoms with E-state index in [0.29, 0.717) is 16.8 Å². The van der Waals surface area contributed by atoms with Crippen LogP contribution in [0.15, 0.2) is 28.9 Å². The summed E-state index contributed by atoms with van der Waals surface area (Å²) in [4.78, 5) is 15.0. The molecule has 1 rings (SSSR count). The van der Waals surface area contributed by atoms with E-state index in [2.05, 4.69) is 26.2 Å². The number of halogens is 1. The van der Waals surface area contributed by atoms with Gasteiger partial charge >= 0.3 is 5.97 Å². The quantitative estimate of drug-likeness (QED) is 0.645. The Morgan fingerprint density at radius 1 is 1.69 bits per heavy atom. The zero-order valence-corrected chi connectivity index (χ0v) is 10.5. The Hall–Kier alpha value is -1.36. The van der Waals surface area contributed by atoms with Gasteiger partial charge in [0.2, 0.25) is 0 Å². The van der Waals surface area contributed by atoms with Crippen LogP contribution in [-0.2, 0) is 0 Å². The van der Waals surface area contributed by atoms with Gasteiger partial charge in [-0.05, 0) is 35.3 Å². The number of aromatic nitrogens is 1. The van der Waals surface area contributed by atoms with E-state index in [0.717, 1.165) is 6.42 Å². The number of hydrogen-bond acceptors (Lipinski definition) is 3. The summed E-state index contributed by atoms with van der Waals surface area (Å²) in [5.74, 6) is -0.581. The maximum absolute atomic E-state index is 10.9. The van der Waals surface area contributed by atoms with Crippen molar-refractivity contribution in [2.24, 2.45) is 0 Å². The number of aromatic carboxylic acids is 1. The molecule has 0 saturated heterocycles. The van der Waals surface area contributed by atoms with Crippen molar-refractivity contribution in [1.29, 1.82) is 0 Å². The predicted molar refractivity (Wildman–Crippen MR) is 66.8 cm³/mol. The average molecular weight is 285 g/mol. The van der Waals surface area contributed by atoms with Gasteiger partial charge in [-0.3, -0.25) is 0 Å². The number of carboxylic acids is 1. The maximum atomic E-state index is 10.9. The largest absolute Gasteiger partial charge is 0.478 e. The van der Waals surface area contributed by atoms with Crippen molar-refractivity contribution in [3.05, 3.63) is 34.5 Å². The first-order valence-electron chi connectivity index (χ1n) is 4.89. The first-order valence-corrected chi connectivity index (χ1v) is 5.68. The van der Waals surface area contributed by atoms with Gasteiger partial charge in [0.25, 0.3) is 0 Å². The summed E-state index contributed by atoms with van der Waals surface area (Å²) in [6.45, 7) is 2.61. The zero-order chi connectivity index (χ0) is 12.0. The second kappa shape index (κ2) is 6.27. The van der Waals surface area contributed by atoms with Crippen LogP contribution in [0.25, 0.3) is 0 Å². The maximum Gasteiger partial charge on any atom is 0.339 e. The molecule has 0 bridgehead atoms. The molecule has 0 fully saturated rings. The molecule has 5 heteroatoms. The van der Waals surface area contributed by atoms with Crippen molar-refractivity contribution >= 4 is 27.7 Å². The lowest BCUT2D eigenvalue weighted by Gasteiger charge is -2.07. The molecule has 1 aromatic rings. The van der Waals surface area contributed by atoms with Crippen molar-refractivity contribution in [1.82, 2.24) is 4.98 Å². The number of pyridine rings is 1. The van der Waals surface area contributed by atoms with E-state index < -0.39 is 5.97 Å². The highest BCUT2D eigenvalue weighted by Crippen LogP contribution is 2.17. The van der Waals surface area contributed by atoms with Gasteiger partial charge in [0.15, 0.2) is 0 Å². The second-order valence-electron chi connectivity index (χ2n) is 3.14. The van der Waals surface area contributed by atoms with Crippen molar-refractivity contribution in [2.45, 2.75) is 13.3 Å². The third-order valence-corrected chi connectivity index (χ3v) is 2.36. The molecule has 86 valence electrons. The standard InChI is InChI=1S/C11H13BrN2O2/c1-2-3-4-5-13-10-9(11(15)16)6-8(12)7-14-10/h2-3,6-7H,4-5H2,1H3,(H,13,14)(H,15,16)/b3-2+. The molecule has 2 N–H and O–H groups in total. The first-order chi connectivity index (χ1) is 7.65. The van der Waals surface area contributed by atoms with Crippen LogP contribution in [0.2, 0.25) is 0 Å². The van der Waals surface area contributed by atoms with Crippen LogP contribution in [0.3, 0.4) is 0 Å². The Kier molecular flexibility index (Phi) is 4.98. The molecule has 0 saturated carbocycles. The predicted octanol–water partition coefficient (Wildman–Crippen LogP) is 2.92. The van der Waals surface area contributed by atoms with Crippen molar-refractivity contribution in [2.75, 3.05) is 11.9 Å². The Bertz CT molecular complexity index is 405. The third-order valence-electron chi connectivity index (χ3n) is 1.92. The van der Waals surface area contributed by atoms with Crippen LogP contribution in [0.1, 0.15) is 23.7 Å². The number of hydrogen-bond donors (Lipinski definition) is 2. The Morgan fingerprint density at radius 2 is 2.44 bits per heavy atom. The molecular formula is C11H13BrN2O2. The zero-order valence-electron chi connectivity index (χ0n) is 8.90. The fraction of sp³-hybridized carbons (Fsp3) is 0.273. The number of allylic oxidation sites excluding steroid dienone is 1. The summed E-state index contributed by atoms with van der Waals surface area (Å²) in [5.41, 5.74) is 0.176. The fourth-order valence-electron chi connectivity index (χ4n) is 1.18. The summed E-state index contributed by atoms with van der Waals surface area (Å²) in [6, 6.07) is 1.54. The molecule has 1 aromatic heterocycles. The summed E-state index contributed by atoms with van der Waals surface area (Å²) >= 11 is 3.19. The minimum Gasteiger partial charge on any atom is -0.478 e. The van der Waals surface area contributed by atoms with E-state index in [4.69, 9.17) is 5.11 Å². The van der Waals surface area contributed by atoms with E-state index in [1.54, 1.807) is 6.20 Å². The minimum absolute atomic E-state index is 0.176. The number of nitrogens with one attached hydrogen (secondary N) is 1. The van der Waals surface area contributed by atoms with Gasteiger partial charge in [0.1, 0.15) is 11.4 Å². The summed E-state index contributed by atoms with van der Waals surface area (Å²) < 4.78 is 0.656. The van der Waals surface area contributed by atoms with Gasteiger partial charge < -0.3 is 10.4 Å². The lowest BCUT2D eigenvalue weighted by atomic mass is 10.2. The molecule has 0 aromatic carbocycles. The molecular weight excluding hydrogens is 272 g/mol. The minimum atomic E-state index is -0.984. The van der Waals surface area contributed by atoms with Gasteiger partial charge in [-0.15, -0.1) is 0 Å². The molecule has 0 spiro atoms. The van der Waals surface area contributed by atoms with Gasteiger partial charge in [0, 0.05) is 17.2 Å². The summed E-state index contributed by atoms with van der Waals surface area (Å²) in [6.07, 6.45) is 6.37. The molecule has 0 radical (unpaired) electrons. The van der Waals surface area contributed by atoms with Crippen LogP contribution in [0, 0.1) is 0 Å². The number of nitrogens with zero attached hydrogens (tertiary/aromatic N) is 1. The normalized spacial score (nSPS) is 10.6. The van der Waals surface area contributed by atoms with Crippen molar-refractivity contribution in [3.63, 3.8) is 0 Å². The van der Waals surface area contributed by atoms with E-state index in [9.17, 15) is 4.79 Å². The van der Waals surface area contributed by atoms with E-state index in [1.807, 2.05) is 19.1 Å². The summed E-state index contributed by atoms with van der Waals surface area (Å²) in [7, 11) is 0. The molecule has 16 heavy (non-hydrogen) atoms. The van der Waals surface area contributed by atoms with Crippen LogP contribution < -0.4 is 5.32 Å². The first kappa shape index (κ1) is 12.7. The topological polar surface area (TPSA) is 62.2 Å². The highest BCUT2D eigenvalue weighted by Gasteiger charge is 2.11. The van der Waals surface area contributed by atoms with Gasteiger partial charge in [-0.1, -0.05) is 12.2 Å². The SMILES string of the molecule is C/C=C/CCNc1ncc(Br)cc1C(=O)O.